The maximum atomic E-state index is 12.7. The zero-order valence-electron chi connectivity index (χ0n) is 19.3. The number of thioether (sulfide) groups is 1. The average Bonchev–Trinajstić information content (AvgIpc) is 3.49. The Labute approximate surface area is 200 Å². The lowest BCUT2D eigenvalue weighted by molar-refractivity contribution is 0.415. The van der Waals surface area contributed by atoms with Gasteiger partial charge in [-0.15, -0.1) is 20.4 Å². The number of aromatic nitrogens is 7. The number of unbranched alkanes of at least 4 members (excludes halogenated alkanes) is 1. The van der Waals surface area contributed by atoms with Crippen LogP contribution in [0.2, 0.25) is 0 Å². The molecule has 0 aliphatic carbocycles. The molecule has 0 saturated carbocycles. The van der Waals surface area contributed by atoms with Crippen LogP contribution in [0.5, 0.6) is 5.75 Å². The standard InChI is InChI=1S/C24H25N7O2S/c1-4-5-14-30-21(16-10-12-17(33-3)13-11-16)26-28-24(30)34-15-20-25-27-23-29(2)22(32)18-8-6-7-9-19(18)31(20)23/h6-13H,4-5,14-15H2,1-3H3. The number of benzene rings is 2. The van der Waals surface area contributed by atoms with Crippen molar-refractivity contribution in [2.75, 3.05) is 7.11 Å². The molecule has 0 saturated heterocycles. The highest BCUT2D eigenvalue weighted by atomic mass is 32.2. The van der Waals surface area contributed by atoms with Gasteiger partial charge in [-0.25, -0.2) is 0 Å². The lowest BCUT2D eigenvalue weighted by atomic mass is 10.2. The van der Waals surface area contributed by atoms with Crippen LogP contribution in [-0.4, -0.2) is 41.0 Å². The second kappa shape index (κ2) is 9.30. The molecule has 0 radical (unpaired) electrons. The second-order valence-corrected chi connectivity index (χ2v) is 8.90. The highest BCUT2D eigenvalue weighted by molar-refractivity contribution is 7.98. The van der Waals surface area contributed by atoms with Crippen molar-refractivity contribution >= 4 is 28.4 Å². The molecule has 0 spiro atoms. The summed E-state index contributed by atoms with van der Waals surface area (Å²) in [6.07, 6.45) is 2.09. The van der Waals surface area contributed by atoms with Crippen molar-refractivity contribution in [3.05, 3.63) is 64.7 Å². The summed E-state index contributed by atoms with van der Waals surface area (Å²) in [7, 11) is 3.38. The molecular formula is C24H25N7O2S. The van der Waals surface area contributed by atoms with Crippen molar-refractivity contribution < 1.29 is 4.74 Å². The van der Waals surface area contributed by atoms with E-state index in [4.69, 9.17) is 4.74 Å². The number of ether oxygens (including phenoxy) is 1. The molecule has 0 atom stereocenters. The van der Waals surface area contributed by atoms with E-state index in [2.05, 4.69) is 31.9 Å². The van der Waals surface area contributed by atoms with Gasteiger partial charge in [-0.05, 0) is 42.8 Å². The Bertz CT molecular complexity index is 1520. The van der Waals surface area contributed by atoms with Crippen molar-refractivity contribution in [1.29, 1.82) is 0 Å². The molecule has 9 nitrogen and oxygen atoms in total. The Hall–Kier alpha value is -3.66. The topological polar surface area (TPSA) is 92.1 Å². The Morgan fingerprint density at radius 3 is 2.56 bits per heavy atom. The molecular weight excluding hydrogens is 450 g/mol. The van der Waals surface area contributed by atoms with Gasteiger partial charge in [0.05, 0.1) is 23.8 Å². The maximum absolute atomic E-state index is 12.7. The average molecular weight is 476 g/mol. The fraction of sp³-hybridized carbons (Fsp3) is 0.292. The molecule has 0 aliphatic heterocycles. The maximum Gasteiger partial charge on any atom is 0.262 e. The molecule has 0 unspecified atom stereocenters. The van der Waals surface area contributed by atoms with E-state index in [1.165, 1.54) is 4.57 Å². The van der Waals surface area contributed by atoms with E-state index in [1.54, 1.807) is 25.9 Å². The summed E-state index contributed by atoms with van der Waals surface area (Å²) >= 11 is 1.57. The number of rotatable bonds is 8. The third-order valence-electron chi connectivity index (χ3n) is 5.82. The predicted molar refractivity (Wildman–Crippen MR) is 132 cm³/mol. The number of hydrogen-bond donors (Lipinski definition) is 0. The molecule has 5 aromatic rings. The van der Waals surface area contributed by atoms with E-state index in [0.717, 1.165) is 53.0 Å². The molecule has 3 aromatic heterocycles. The van der Waals surface area contributed by atoms with E-state index in [9.17, 15) is 4.79 Å². The van der Waals surface area contributed by atoms with E-state index < -0.39 is 0 Å². The van der Waals surface area contributed by atoms with Gasteiger partial charge < -0.3 is 9.30 Å². The number of hydrogen-bond acceptors (Lipinski definition) is 7. The molecule has 0 bridgehead atoms. The predicted octanol–water partition coefficient (Wildman–Crippen LogP) is 3.94. The van der Waals surface area contributed by atoms with Gasteiger partial charge in [-0.2, -0.15) is 0 Å². The lowest BCUT2D eigenvalue weighted by Gasteiger charge is -2.10. The van der Waals surface area contributed by atoms with E-state index in [0.29, 0.717) is 16.9 Å². The summed E-state index contributed by atoms with van der Waals surface area (Å²) in [5.74, 6) is 3.44. The molecule has 34 heavy (non-hydrogen) atoms. The highest BCUT2D eigenvalue weighted by Crippen LogP contribution is 2.28. The van der Waals surface area contributed by atoms with Crippen LogP contribution >= 0.6 is 11.8 Å². The van der Waals surface area contributed by atoms with E-state index in [1.807, 2.05) is 52.9 Å². The van der Waals surface area contributed by atoms with Gasteiger partial charge in [-0.3, -0.25) is 13.8 Å². The summed E-state index contributed by atoms with van der Waals surface area (Å²) < 4.78 is 10.9. The number of nitrogens with zero attached hydrogens (tertiary/aromatic N) is 7. The Balaban J connectivity index is 1.51. The zero-order valence-corrected chi connectivity index (χ0v) is 20.1. The first-order valence-electron chi connectivity index (χ1n) is 11.1. The SMILES string of the molecule is CCCCn1c(SCc2nnc3n(C)c(=O)c4ccccc4n23)nnc1-c1ccc(OC)cc1. The minimum atomic E-state index is -0.0851. The minimum Gasteiger partial charge on any atom is -0.497 e. The van der Waals surface area contributed by atoms with Gasteiger partial charge >= 0.3 is 0 Å². The smallest absolute Gasteiger partial charge is 0.262 e. The van der Waals surface area contributed by atoms with Crippen LogP contribution in [0.4, 0.5) is 0 Å². The Morgan fingerprint density at radius 2 is 1.79 bits per heavy atom. The van der Waals surface area contributed by atoms with Crippen LogP contribution in [0.1, 0.15) is 25.6 Å². The Morgan fingerprint density at radius 1 is 1.00 bits per heavy atom. The van der Waals surface area contributed by atoms with E-state index >= 15 is 0 Å². The quantitative estimate of drug-likeness (QED) is 0.314. The fourth-order valence-corrected chi connectivity index (χ4v) is 4.86. The monoisotopic (exact) mass is 475 g/mol. The van der Waals surface area contributed by atoms with Crippen LogP contribution in [0.25, 0.3) is 28.1 Å². The first kappa shape index (κ1) is 22.1. The Kier molecular flexibility index (Phi) is 6.06. The first-order chi connectivity index (χ1) is 16.6. The summed E-state index contributed by atoms with van der Waals surface area (Å²) in [4.78, 5) is 12.7. The van der Waals surface area contributed by atoms with Crippen LogP contribution < -0.4 is 10.3 Å². The van der Waals surface area contributed by atoms with Crippen LogP contribution in [-0.2, 0) is 19.3 Å². The molecule has 174 valence electrons. The molecule has 2 aromatic carbocycles. The fourth-order valence-electron chi connectivity index (χ4n) is 3.98. The summed E-state index contributed by atoms with van der Waals surface area (Å²) in [6, 6.07) is 15.4. The largest absolute Gasteiger partial charge is 0.497 e. The third-order valence-corrected chi connectivity index (χ3v) is 6.79. The summed E-state index contributed by atoms with van der Waals surface area (Å²) in [5.41, 5.74) is 1.70. The van der Waals surface area contributed by atoms with Crippen LogP contribution in [0.3, 0.4) is 0 Å². The van der Waals surface area contributed by atoms with Crippen molar-refractivity contribution in [3.8, 4) is 17.1 Å². The van der Waals surface area contributed by atoms with Crippen molar-refractivity contribution in [1.82, 2.24) is 33.9 Å². The zero-order chi connectivity index (χ0) is 23.7. The molecule has 3 heterocycles. The minimum absolute atomic E-state index is 0.0851. The molecule has 5 rings (SSSR count). The van der Waals surface area contributed by atoms with Gasteiger partial charge in [0.2, 0.25) is 5.78 Å². The third kappa shape index (κ3) is 3.83. The number of para-hydroxylation sites is 1. The number of fused-ring (bicyclic) bond motifs is 3. The van der Waals surface area contributed by atoms with E-state index in [-0.39, 0.29) is 5.56 Å². The van der Waals surface area contributed by atoms with Crippen molar-refractivity contribution in [2.24, 2.45) is 7.05 Å². The normalized spacial score (nSPS) is 11.5. The molecule has 0 fully saturated rings. The van der Waals surface area contributed by atoms with Gasteiger partial charge in [0.15, 0.2) is 11.0 Å². The highest BCUT2D eigenvalue weighted by Gasteiger charge is 2.18. The van der Waals surface area contributed by atoms with Crippen LogP contribution in [0, 0.1) is 0 Å². The number of methoxy groups -OCH3 is 1. The van der Waals surface area contributed by atoms with Gasteiger partial charge in [0, 0.05) is 19.2 Å². The number of aryl methyl sites for hydroxylation is 1. The second-order valence-electron chi connectivity index (χ2n) is 7.96. The summed E-state index contributed by atoms with van der Waals surface area (Å²) in [6.45, 7) is 2.99. The van der Waals surface area contributed by atoms with Crippen molar-refractivity contribution in [2.45, 2.75) is 37.2 Å². The lowest BCUT2D eigenvalue weighted by Crippen LogP contribution is -2.20. The van der Waals surface area contributed by atoms with Gasteiger partial charge in [0.1, 0.15) is 11.6 Å². The molecule has 10 heteroatoms. The summed E-state index contributed by atoms with van der Waals surface area (Å²) in [5, 5.41) is 19.1. The molecule has 0 N–H and O–H groups in total. The van der Waals surface area contributed by atoms with Gasteiger partial charge in [0.25, 0.3) is 5.56 Å². The van der Waals surface area contributed by atoms with Crippen molar-refractivity contribution in [3.63, 3.8) is 0 Å². The molecule has 0 aliphatic rings. The van der Waals surface area contributed by atoms with Gasteiger partial charge in [-0.1, -0.05) is 37.2 Å². The van der Waals surface area contributed by atoms with Crippen LogP contribution in [0.15, 0.2) is 58.5 Å². The molecule has 0 amide bonds. The first-order valence-corrected chi connectivity index (χ1v) is 12.1.